The number of phenols is 1. The number of fused-ring (bicyclic) bond motifs is 2. The number of benzene rings is 5. The van der Waals surface area contributed by atoms with Crippen LogP contribution in [0.2, 0.25) is 0 Å². The number of anilines is 1. The summed E-state index contributed by atoms with van der Waals surface area (Å²) in [6.45, 7) is 2.47. The van der Waals surface area contributed by atoms with E-state index in [1.165, 1.54) is 12.1 Å². The van der Waals surface area contributed by atoms with Crippen molar-refractivity contribution >= 4 is 23.5 Å². The molecule has 0 saturated heterocycles. The molecule has 2 aliphatic rings. The van der Waals surface area contributed by atoms with E-state index in [-0.39, 0.29) is 30.0 Å². The fourth-order valence-electron chi connectivity index (χ4n) is 7.49. The normalized spacial score (nSPS) is 17.6. The predicted octanol–water partition coefficient (Wildman–Crippen LogP) is 6.72. The molecule has 5 aromatic carbocycles. The van der Waals surface area contributed by atoms with Gasteiger partial charge in [0.25, 0.3) is 5.91 Å². The second kappa shape index (κ2) is 15.3. The van der Waals surface area contributed by atoms with Gasteiger partial charge in [0, 0.05) is 31.6 Å². The van der Waals surface area contributed by atoms with E-state index >= 15 is 0 Å². The van der Waals surface area contributed by atoms with Gasteiger partial charge in [-0.25, -0.2) is 4.79 Å². The molecule has 2 aliphatic heterocycles. The number of hydrogen-bond acceptors (Lipinski definition) is 7. The van der Waals surface area contributed by atoms with Crippen LogP contribution in [0.5, 0.6) is 11.5 Å². The van der Waals surface area contributed by atoms with Crippen LogP contribution in [0, 0.1) is 11.3 Å². The van der Waals surface area contributed by atoms with Crippen LogP contribution < -0.4 is 15.0 Å². The lowest BCUT2D eigenvalue weighted by molar-refractivity contribution is -0.143. The minimum absolute atomic E-state index is 0.0911. The molecule has 0 aromatic heterocycles. The fraction of sp³-hybridized carbons (Fsp3) is 0.227. The first-order chi connectivity index (χ1) is 26.1. The molecule has 54 heavy (non-hydrogen) atoms. The SMILES string of the molecule is CC[C@@H](c1ccccc1)N1Cc2cc3c(cc2C[C@H]1C(=O)N[C@@H](Cc1ccc(-c2ccc(C#N)cc2)cc1)C(=O)O)N(C)C(=O)[C@H](c1ccc(O)cc1)O3. The number of nitrogens with zero attached hydrogens (tertiary/aromatic N) is 3. The number of carbonyl (C=O) groups is 3. The minimum atomic E-state index is -1.17. The van der Waals surface area contributed by atoms with E-state index in [9.17, 15) is 24.6 Å². The number of ether oxygens (including phenoxy) is 1. The van der Waals surface area contributed by atoms with E-state index < -0.39 is 24.2 Å². The van der Waals surface area contributed by atoms with Crippen molar-refractivity contribution in [2.24, 2.45) is 0 Å². The van der Waals surface area contributed by atoms with Gasteiger partial charge in [0.1, 0.15) is 17.5 Å². The molecule has 272 valence electrons. The van der Waals surface area contributed by atoms with Gasteiger partial charge in [0.15, 0.2) is 0 Å². The van der Waals surface area contributed by atoms with Crippen molar-refractivity contribution in [1.29, 1.82) is 5.26 Å². The summed E-state index contributed by atoms with van der Waals surface area (Å²) >= 11 is 0. The third-order valence-corrected chi connectivity index (χ3v) is 10.4. The number of nitrogens with one attached hydrogen (secondary N) is 1. The summed E-state index contributed by atoms with van der Waals surface area (Å²) in [7, 11) is 1.69. The van der Waals surface area contributed by atoms with Crippen molar-refractivity contribution in [1.82, 2.24) is 10.2 Å². The first-order valence-corrected chi connectivity index (χ1v) is 18.0. The molecule has 0 unspecified atom stereocenters. The number of phenolic OH excluding ortho intramolecular Hbond substituents is 1. The summed E-state index contributed by atoms with van der Waals surface area (Å²) in [5.41, 5.74) is 7.28. The Morgan fingerprint density at radius 1 is 0.926 bits per heavy atom. The quantitative estimate of drug-likeness (QED) is 0.144. The molecule has 2 heterocycles. The number of amides is 2. The Bertz CT molecular complexity index is 2220. The summed E-state index contributed by atoms with van der Waals surface area (Å²) in [4.78, 5) is 44.2. The minimum Gasteiger partial charge on any atom is -0.508 e. The Morgan fingerprint density at radius 2 is 1.59 bits per heavy atom. The summed E-state index contributed by atoms with van der Waals surface area (Å²) in [6, 6.07) is 35.1. The number of likely N-dealkylation sites (N-methyl/N-ethyl adjacent to an activating group) is 1. The highest BCUT2D eigenvalue weighted by Crippen LogP contribution is 2.43. The van der Waals surface area contributed by atoms with Crippen molar-refractivity contribution in [3.8, 4) is 28.7 Å². The van der Waals surface area contributed by atoms with Crippen LogP contribution in [0.25, 0.3) is 11.1 Å². The van der Waals surface area contributed by atoms with Crippen molar-refractivity contribution in [2.45, 2.75) is 57.0 Å². The Morgan fingerprint density at radius 3 is 2.22 bits per heavy atom. The number of hydrogen-bond donors (Lipinski definition) is 3. The molecule has 3 N–H and O–H groups in total. The second-order valence-electron chi connectivity index (χ2n) is 13.8. The van der Waals surface area contributed by atoms with Crippen molar-refractivity contribution in [2.75, 3.05) is 11.9 Å². The van der Waals surface area contributed by atoms with Crippen LogP contribution in [0.4, 0.5) is 5.69 Å². The number of aromatic hydroxyl groups is 1. The van der Waals surface area contributed by atoms with E-state index in [1.807, 2.05) is 78.9 Å². The van der Waals surface area contributed by atoms with Crippen LogP contribution in [0.3, 0.4) is 0 Å². The molecule has 4 atom stereocenters. The smallest absolute Gasteiger partial charge is 0.326 e. The Labute approximate surface area is 313 Å². The third kappa shape index (κ3) is 7.27. The first kappa shape index (κ1) is 35.9. The number of nitriles is 1. The highest BCUT2D eigenvalue weighted by Gasteiger charge is 2.40. The number of carboxylic acids is 1. The zero-order valence-corrected chi connectivity index (χ0v) is 30.0. The van der Waals surface area contributed by atoms with E-state index in [0.717, 1.165) is 33.4 Å². The highest BCUT2D eigenvalue weighted by atomic mass is 16.5. The van der Waals surface area contributed by atoms with Gasteiger partial charge in [0.05, 0.1) is 23.4 Å². The monoisotopic (exact) mass is 720 g/mol. The van der Waals surface area contributed by atoms with Gasteiger partial charge in [-0.15, -0.1) is 0 Å². The Kier molecular flexibility index (Phi) is 10.2. The van der Waals surface area contributed by atoms with Crippen molar-refractivity contribution < 1.29 is 29.3 Å². The van der Waals surface area contributed by atoms with Gasteiger partial charge >= 0.3 is 5.97 Å². The van der Waals surface area contributed by atoms with Gasteiger partial charge in [-0.2, -0.15) is 5.26 Å². The fourth-order valence-corrected chi connectivity index (χ4v) is 7.49. The topological polar surface area (TPSA) is 143 Å². The molecule has 2 amide bonds. The largest absolute Gasteiger partial charge is 0.508 e. The molecule has 10 heteroatoms. The summed E-state index contributed by atoms with van der Waals surface area (Å²) in [6.07, 6.45) is 0.214. The molecule has 0 bridgehead atoms. The molecular weight excluding hydrogens is 681 g/mol. The molecular formula is C44H40N4O6. The van der Waals surface area contributed by atoms with Gasteiger partial charge in [-0.3, -0.25) is 14.5 Å². The van der Waals surface area contributed by atoms with Gasteiger partial charge in [-0.1, -0.05) is 85.8 Å². The van der Waals surface area contributed by atoms with Crippen LogP contribution in [0.1, 0.15) is 58.9 Å². The molecule has 0 radical (unpaired) electrons. The lowest BCUT2D eigenvalue weighted by Gasteiger charge is -2.42. The lowest BCUT2D eigenvalue weighted by Crippen LogP contribution is -2.55. The van der Waals surface area contributed by atoms with E-state index in [0.29, 0.717) is 42.0 Å². The zero-order valence-electron chi connectivity index (χ0n) is 30.0. The average molecular weight is 721 g/mol. The molecule has 0 spiro atoms. The lowest BCUT2D eigenvalue weighted by atomic mass is 9.88. The highest BCUT2D eigenvalue weighted by molar-refractivity contribution is 6.00. The number of rotatable bonds is 10. The van der Waals surface area contributed by atoms with Crippen molar-refractivity contribution in [3.63, 3.8) is 0 Å². The van der Waals surface area contributed by atoms with Crippen LogP contribution >= 0.6 is 0 Å². The molecule has 5 aromatic rings. The van der Waals surface area contributed by atoms with Crippen LogP contribution in [-0.4, -0.2) is 52.0 Å². The Hall–Kier alpha value is -6.44. The average Bonchev–Trinajstić information content (AvgIpc) is 3.19. The predicted molar refractivity (Wildman–Crippen MR) is 204 cm³/mol. The zero-order chi connectivity index (χ0) is 37.9. The number of carbonyl (C=O) groups excluding carboxylic acids is 2. The van der Waals surface area contributed by atoms with Gasteiger partial charge in [0.2, 0.25) is 12.0 Å². The maximum absolute atomic E-state index is 14.3. The first-order valence-electron chi connectivity index (χ1n) is 18.0. The van der Waals surface area contributed by atoms with E-state index in [1.54, 1.807) is 36.2 Å². The number of carboxylic acid groups (broad SMARTS) is 1. The summed E-state index contributed by atoms with van der Waals surface area (Å²) in [5.74, 6) is -1.14. The maximum atomic E-state index is 14.3. The summed E-state index contributed by atoms with van der Waals surface area (Å²) in [5, 5.41) is 32.1. The third-order valence-electron chi connectivity index (χ3n) is 10.4. The molecule has 0 fully saturated rings. The molecule has 0 aliphatic carbocycles. The Balaban J connectivity index is 1.16. The van der Waals surface area contributed by atoms with Crippen LogP contribution in [-0.2, 0) is 33.8 Å². The van der Waals surface area contributed by atoms with E-state index in [4.69, 9.17) is 10.00 Å². The maximum Gasteiger partial charge on any atom is 0.326 e. The molecule has 10 nitrogen and oxygen atoms in total. The van der Waals surface area contributed by atoms with Crippen molar-refractivity contribution in [3.05, 3.63) is 149 Å². The van der Waals surface area contributed by atoms with Gasteiger partial charge < -0.3 is 25.2 Å². The van der Waals surface area contributed by atoms with Crippen LogP contribution in [0.15, 0.2) is 115 Å². The summed E-state index contributed by atoms with van der Waals surface area (Å²) < 4.78 is 6.32. The molecule has 0 saturated carbocycles. The molecule has 7 rings (SSSR count). The van der Waals surface area contributed by atoms with Gasteiger partial charge in [-0.05, 0) is 82.6 Å². The standard InChI is InChI=1S/C44H40N4O6/c1-3-37(31-7-5-4-6-8-31)48-26-34-24-40-38(47(2)43(51)41(54-40)32-17-19-35(49)20-18-32)22-33(34)23-39(48)42(50)46-36(44(52)53)21-27-9-13-29(14-10-27)30-15-11-28(25-45)12-16-30/h4-20,22,24,36-37,39,41,49H,3,21,23,26H2,1-2H3,(H,46,50)(H,52,53)/t36-,37-,39-,41-/m0/s1. The number of aliphatic carboxylic acids is 1. The second-order valence-corrected chi connectivity index (χ2v) is 13.8. The van der Waals surface area contributed by atoms with E-state index in [2.05, 4.69) is 23.2 Å².